The minimum atomic E-state index is -0.403. The normalized spacial score (nSPS) is 10.8. The van der Waals surface area contributed by atoms with Crippen molar-refractivity contribution in [3.63, 3.8) is 0 Å². The second-order valence-corrected chi connectivity index (χ2v) is 4.24. The van der Waals surface area contributed by atoms with Crippen LogP contribution < -0.4 is 10.1 Å². The molecule has 20 heavy (non-hydrogen) atoms. The molecule has 0 aliphatic rings. The second-order valence-electron chi connectivity index (χ2n) is 4.24. The molecule has 1 heterocycles. The molecular weight excluding hydrogens is 261 g/mol. The van der Waals surface area contributed by atoms with Crippen LogP contribution in [0.3, 0.4) is 0 Å². The minimum Gasteiger partial charge on any atom is -0.494 e. The first-order chi connectivity index (χ1) is 9.74. The molecule has 1 aromatic heterocycles. The Morgan fingerprint density at radius 2 is 2.15 bits per heavy atom. The highest BCUT2D eigenvalue weighted by Crippen LogP contribution is 2.19. The number of hydrogen-bond acceptors (Lipinski definition) is 4. The third-order valence-electron chi connectivity index (χ3n) is 2.83. The Labute approximate surface area is 117 Å². The molecule has 0 saturated carbocycles. The Hall–Kier alpha value is -1.92. The summed E-state index contributed by atoms with van der Waals surface area (Å²) in [7, 11) is 3.10. The van der Waals surface area contributed by atoms with E-state index in [-0.39, 0.29) is 5.75 Å². The highest BCUT2D eigenvalue weighted by molar-refractivity contribution is 5.38. The number of benzene rings is 1. The molecule has 2 aromatic rings. The van der Waals surface area contributed by atoms with Crippen molar-refractivity contribution in [2.24, 2.45) is 0 Å². The Bertz CT molecular complexity index is 557. The summed E-state index contributed by atoms with van der Waals surface area (Å²) in [6.45, 7) is 2.07. The molecule has 0 aliphatic carbocycles. The number of ether oxygens (including phenoxy) is 2. The quantitative estimate of drug-likeness (QED) is 0.785. The number of hydrogen-bond donors (Lipinski definition) is 1. The van der Waals surface area contributed by atoms with E-state index in [2.05, 4.69) is 10.4 Å². The molecule has 0 saturated heterocycles. The summed E-state index contributed by atoms with van der Waals surface area (Å²) in [4.78, 5) is 0. The Balaban J connectivity index is 2.03. The summed E-state index contributed by atoms with van der Waals surface area (Å²) in [5, 5.41) is 7.58. The van der Waals surface area contributed by atoms with Gasteiger partial charge in [0.15, 0.2) is 11.6 Å². The zero-order chi connectivity index (χ0) is 14.4. The number of methoxy groups -OCH3 is 2. The van der Waals surface area contributed by atoms with E-state index in [0.29, 0.717) is 18.8 Å². The Morgan fingerprint density at radius 1 is 1.30 bits per heavy atom. The predicted octanol–water partition coefficient (Wildman–Crippen LogP) is 1.76. The van der Waals surface area contributed by atoms with E-state index in [0.717, 1.165) is 12.2 Å². The van der Waals surface area contributed by atoms with Crippen molar-refractivity contribution >= 4 is 0 Å². The van der Waals surface area contributed by atoms with Crippen LogP contribution in [0.5, 0.6) is 5.75 Å². The van der Waals surface area contributed by atoms with E-state index in [9.17, 15) is 4.39 Å². The predicted molar refractivity (Wildman–Crippen MR) is 73.7 cm³/mol. The number of aromatic nitrogens is 2. The lowest BCUT2D eigenvalue weighted by Gasteiger charge is -2.05. The van der Waals surface area contributed by atoms with Crippen LogP contribution in [0.2, 0.25) is 0 Å². The zero-order valence-electron chi connectivity index (χ0n) is 11.6. The van der Waals surface area contributed by atoms with Gasteiger partial charge < -0.3 is 14.8 Å². The van der Waals surface area contributed by atoms with E-state index in [4.69, 9.17) is 9.47 Å². The molecule has 108 valence electrons. The van der Waals surface area contributed by atoms with Gasteiger partial charge in [0.05, 0.1) is 25.1 Å². The molecule has 0 amide bonds. The van der Waals surface area contributed by atoms with Gasteiger partial charge in [0.2, 0.25) is 0 Å². The first kappa shape index (κ1) is 14.5. The topological polar surface area (TPSA) is 48.3 Å². The molecule has 0 aliphatic heterocycles. The Morgan fingerprint density at radius 3 is 2.85 bits per heavy atom. The lowest BCUT2D eigenvalue weighted by atomic mass is 10.3. The van der Waals surface area contributed by atoms with E-state index in [1.165, 1.54) is 13.2 Å². The van der Waals surface area contributed by atoms with Gasteiger partial charge in [0.25, 0.3) is 0 Å². The van der Waals surface area contributed by atoms with Crippen LogP contribution in [0, 0.1) is 5.82 Å². The second kappa shape index (κ2) is 7.02. The van der Waals surface area contributed by atoms with Crippen molar-refractivity contribution in [2.75, 3.05) is 27.4 Å². The summed E-state index contributed by atoms with van der Waals surface area (Å²) in [6, 6.07) is 6.63. The van der Waals surface area contributed by atoms with Gasteiger partial charge in [-0.25, -0.2) is 9.07 Å². The van der Waals surface area contributed by atoms with Crippen molar-refractivity contribution in [1.29, 1.82) is 0 Å². The first-order valence-corrected chi connectivity index (χ1v) is 6.32. The van der Waals surface area contributed by atoms with E-state index < -0.39 is 5.82 Å². The maximum Gasteiger partial charge on any atom is 0.167 e. The summed E-state index contributed by atoms with van der Waals surface area (Å²) in [5.41, 5.74) is 1.55. The van der Waals surface area contributed by atoms with Crippen LogP contribution in [0.1, 0.15) is 5.69 Å². The average molecular weight is 279 g/mol. The van der Waals surface area contributed by atoms with Crippen LogP contribution in [-0.2, 0) is 11.3 Å². The number of nitrogens with zero attached hydrogens (tertiary/aromatic N) is 2. The van der Waals surface area contributed by atoms with Gasteiger partial charge in [0.1, 0.15) is 0 Å². The lowest BCUT2D eigenvalue weighted by Crippen LogP contribution is -2.18. The molecule has 1 N–H and O–H groups in total. The van der Waals surface area contributed by atoms with Crippen molar-refractivity contribution in [2.45, 2.75) is 6.54 Å². The zero-order valence-corrected chi connectivity index (χ0v) is 11.6. The summed E-state index contributed by atoms with van der Waals surface area (Å²) >= 11 is 0. The largest absolute Gasteiger partial charge is 0.494 e. The van der Waals surface area contributed by atoms with Crippen molar-refractivity contribution < 1.29 is 13.9 Å². The van der Waals surface area contributed by atoms with Gasteiger partial charge in [-0.2, -0.15) is 5.10 Å². The standard InChI is InChI=1S/C14H18FN3O2/c1-19-8-6-16-10-11-5-7-18(17-11)12-3-4-14(20-2)13(15)9-12/h3-5,7,9,16H,6,8,10H2,1-2H3. The molecule has 0 fully saturated rings. The lowest BCUT2D eigenvalue weighted by molar-refractivity contribution is 0.199. The van der Waals surface area contributed by atoms with Crippen molar-refractivity contribution in [1.82, 2.24) is 15.1 Å². The van der Waals surface area contributed by atoms with Crippen LogP contribution in [0.15, 0.2) is 30.5 Å². The maximum absolute atomic E-state index is 13.6. The number of rotatable bonds is 7. The van der Waals surface area contributed by atoms with E-state index in [1.54, 1.807) is 30.1 Å². The molecule has 0 unspecified atom stereocenters. The molecule has 0 spiro atoms. The Kier molecular flexibility index (Phi) is 5.09. The molecule has 0 bridgehead atoms. The van der Waals surface area contributed by atoms with Crippen LogP contribution >= 0.6 is 0 Å². The van der Waals surface area contributed by atoms with E-state index in [1.807, 2.05) is 6.07 Å². The molecule has 0 atom stereocenters. The smallest absolute Gasteiger partial charge is 0.167 e. The first-order valence-electron chi connectivity index (χ1n) is 6.32. The van der Waals surface area contributed by atoms with Gasteiger partial charge >= 0.3 is 0 Å². The fourth-order valence-electron chi connectivity index (χ4n) is 1.79. The van der Waals surface area contributed by atoms with Crippen LogP contribution in [-0.4, -0.2) is 37.2 Å². The number of halogens is 1. The fourth-order valence-corrected chi connectivity index (χ4v) is 1.79. The monoisotopic (exact) mass is 279 g/mol. The van der Waals surface area contributed by atoms with Crippen LogP contribution in [0.4, 0.5) is 4.39 Å². The van der Waals surface area contributed by atoms with Gasteiger partial charge in [-0.1, -0.05) is 0 Å². The molecule has 2 rings (SSSR count). The number of nitrogens with one attached hydrogen (secondary N) is 1. The molecule has 6 heteroatoms. The van der Waals surface area contributed by atoms with Crippen LogP contribution in [0.25, 0.3) is 5.69 Å². The third kappa shape index (κ3) is 3.55. The fraction of sp³-hybridized carbons (Fsp3) is 0.357. The molecule has 0 radical (unpaired) electrons. The maximum atomic E-state index is 13.6. The SMILES string of the molecule is COCCNCc1ccn(-c2ccc(OC)c(F)c2)n1. The van der Waals surface area contributed by atoms with Crippen molar-refractivity contribution in [3.8, 4) is 11.4 Å². The van der Waals surface area contributed by atoms with Gasteiger partial charge in [-0.05, 0) is 18.2 Å². The molecule has 1 aromatic carbocycles. The summed E-state index contributed by atoms with van der Waals surface area (Å²) in [5.74, 6) is -0.178. The summed E-state index contributed by atoms with van der Waals surface area (Å²) < 4.78 is 25.1. The third-order valence-corrected chi connectivity index (χ3v) is 2.83. The highest BCUT2D eigenvalue weighted by Gasteiger charge is 2.06. The van der Waals surface area contributed by atoms with Gasteiger partial charge in [-0.3, -0.25) is 0 Å². The summed E-state index contributed by atoms with van der Waals surface area (Å²) in [6.07, 6.45) is 1.80. The molecular formula is C14H18FN3O2. The van der Waals surface area contributed by atoms with Crippen molar-refractivity contribution in [3.05, 3.63) is 42.0 Å². The van der Waals surface area contributed by atoms with E-state index >= 15 is 0 Å². The van der Waals surface area contributed by atoms with Gasteiger partial charge in [-0.15, -0.1) is 0 Å². The molecule has 5 nitrogen and oxygen atoms in total. The highest BCUT2D eigenvalue weighted by atomic mass is 19.1. The van der Waals surface area contributed by atoms with Gasteiger partial charge in [0, 0.05) is 32.5 Å². The average Bonchev–Trinajstić information content (AvgIpc) is 2.92. The minimum absolute atomic E-state index is 0.224.